The Morgan fingerprint density at radius 3 is 2.17 bits per heavy atom. The number of nitrogens with one attached hydrogen (secondary N) is 1. The minimum atomic E-state index is -4.26. The SMILES string of the molecule is COc1ccc(S(=O)(=O)N(CC(=O)NCc2ccccc2)C(C(=O)O)C(C)C)cc1. The maximum atomic E-state index is 13.2. The van der Waals surface area contributed by atoms with Crippen molar-refractivity contribution in [1.82, 2.24) is 9.62 Å². The zero-order valence-electron chi connectivity index (χ0n) is 17.1. The van der Waals surface area contributed by atoms with Gasteiger partial charge in [-0.15, -0.1) is 0 Å². The first-order chi connectivity index (χ1) is 14.2. The van der Waals surface area contributed by atoms with E-state index < -0.39 is 40.4 Å². The van der Waals surface area contributed by atoms with Gasteiger partial charge < -0.3 is 15.2 Å². The predicted molar refractivity (Wildman–Crippen MR) is 111 cm³/mol. The van der Waals surface area contributed by atoms with Crippen molar-refractivity contribution in [1.29, 1.82) is 0 Å². The largest absolute Gasteiger partial charge is 0.497 e. The van der Waals surface area contributed by atoms with Crippen molar-refractivity contribution in [2.75, 3.05) is 13.7 Å². The van der Waals surface area contributed by atoms with Gasteiger partial charge in [0.15, 0.2) is 0 Å². The van der Waals surface area contributed by atoms with Crippen LogP contribution >= 0.6 is 0 Å². The highest BCUT2D eigenvalue weighted by atomic mass is 32.2. The summed E-state index contributed by atoms with van der Waals surface area (Å²) in [6.07, 6.45) is 0. The van der Waals surface area contributed by atoms with Crippen LogP contribution in [0.2, 0.25) is 0 Å². The standard InChI is InChI=1S/C21H26N2O6S/c1-15(2)20(21(25)26)23(14-19(24)22-13-16-7-5-4-6-8-16)30(27,28)18-11-9-17(29-3)10-12-18/h4-12,15,20H,13-14H2,1-3H3,(H,22,24)(H,25,26). The van der Waals surface area contributed by atoms with Gasteiger partial charge in [0.25, 0.3) is 0 Å². The van der Waals surface area contributed by atoms with E-state index in [1.807, 2.05) is 30.3 Å². The van der Waals surface area contributed by atoms with Gasteiger partial charge in [-0.2, -0.15) is 4.31 Å². The van der Waals surface area contributed by atoms with Gasteiger partial charge in [-0.1, -0.05) is 44.2 Å². The molecule has 2 N–H and O–H groups in total. The molecule has 0 bridgehead atoms. The smallest absolute Gasteiger partial charge is 0.322 e. The second-order valence-electron chi connectivity index (χ2n) is 7.02. The Hall–Kier alpha value is -2.91. The molecule has 0 aliphatic heterocycles. The molecule has 9 heteroatoms. The summed E-state index contributed by atoms with van der Waals surface area (Å²) in [7, 11) is -2.81. The highest BCUT2D eigenvalue weighted by Gasteiger charge is 2.39. The third-order valence-electron chi connectivity index (χ3n) is 4.49. The molecule has 0 aromatic heterocycles. The summed E-state index contributed by atoms with van der Waals surface area (Å²) >= 11 is 0. The number of carbonyl (C=O) groups excluding carboxylic acids is 1. The van der Waals surface area contributed by atoms with Crippen molar-refractivity contribution in [2.45, 2.75) is 31.3 Å². The van der Waals surface area contributed by atoms with Gasteiger partial charge in [-0.25, -0.2) is 8.42 Å². The maximum absolute atomic E-state index is 13.2. The Kier molecular flexibility index (Phi) is 7.96. The molecule has 0 heterocycles. The summed E-state index contributed by atoms with van der Waals surface area (Å²) in [4.78, 5) is 24.3. The third kappa shape index (κ3) is 5.80. The Labute approximate surface area is 176 Å². The monoisotopic (exact) mass is 434 g/mol. The fourth-order valence-corrected chi connectivity index (χ4v) is 4.62. The lowest BCUT2D eigenvalue weighted by molar-refractivity contribution is -0.143. The van der Waals surface area contributed by atoms with Crippen LogP contribution in [-0.4, -0.2) is 49.4 Å². The molecule has 1 atom stereocenters. The molecule has 0 spiro atoms. The van der Waals surface area contributed by atoms with E-state index >= 15 is 0 Å². The zero-order chi connectivity index (χ0) is 22.3. The highest BCUT2D eigenvalue weighted by Crippen LogP contribution is 2.24. The van der Waals surface area contributed by atoms with Gasteiger partial charge in [-0.05, 0) is 35.7 Å². The lowest BCUT2D eigenvalue weighted by Crippen LogP contribution is -2.51. The van der Waals surface area contributed by atoms with Gasteiger partial charge in [0.05, 0.1) is 18.6 Å². The average Bonchev–Trinajstić information content (AvgIpc) is 2.72. The molecule has 30 heavy (non-hydrogen) atoms. The number of nitrogens with zero attached hydrogens (tertiary/aromatic N) is 1. The topological polar surface area (TPSA) is 113 Å². The molecule has 0 saturated carbocycles. The molecule has 2 aromatic rings. The molecule has 1 amide bonds. The van der Waals surface area contributed by atoms with Gasteiger partial charge in [0, 0.05) is 6.54 Å². The molecule has 2 rings (SSSR count). The molecular weight excluding hydrogens is 408 g/mol. The number of aliphatic carboxylic acids is 1. The summed E-state index contributed by atoms with van der Waals surface area (Å²) in [5.74, 6) is -2.02. The van der Waals surface area contributed by atoms with Crippen LogP contribution in [0.15, 0.2) is 59.5 Å². The normalized spacial score (nSPS) is 12.6. The number of carboxylic acids is 1. The molecular formula is C21H26N2O6S. The molecule has 162 valence electrons. The fraction of sp³-hybridized carbons (Fsp3) is 0.333. The number of hydrogen-bond donors (Lipinski definition) is 2. The van der Waals surface area contributed by atoms with Crippen molar-refractivity contribution >= 4 is 21.9 Å². The minimum Gasteiger partial charge on any atom is -0.497 e. The zero-order valence-corrected chi connectivity index (χ0v) is 17.9. The van der Waals surface area contributed by atoms with Crippen molar-refractivity contribution < 1.29 is 27.9 Å². The number of methoxy groups -OCH3 is 1. The van der Waals surface area contributed by atoms with Crippen LogP contribution in [0.5, 0.6) is 5.75 Å². The Morgan fingerprint density at radius 1 is 1.07 bits per heavy atom. The van der Waals surface area contributed by atoms with Crippen LogP contribution in [-0.2, 0) is 26.2 Å². The van der Waals surface area contributed by atoms with E-state index in [9.17, 15) is 23.1 Å². The van der Waals surface area contributed by atoms with Crippen LogP contribution in [0.1, 0.15) is 19.4 Å². The number of carboxylic acid groups (broad SMARTS) is 1. The van der Waals surface area contributed by atoms with Gasteiger partial charge in [0.2, 0.25) is 15.9 Å². The summed E-state index contributed by atoms with van der Waals surface area (Å²) in [5, 5.41) is 12.3. The molecule has 0 aliphatic rings. The lowest BCUT2D eigenvalue weighted by atomic mass is 10.0. The van der Waals surface area contributed by atoms with E-state index in [2.05, 4.69) is 5.32 Å². The number of amides is 1. The second-order valence-corrected chi connectivity index (χ2v) is 8.91. The minimum absolute atomic E-state index is 0.119. The van der Waals surface area contributed by atoms with Crippen LogP contribution in [0.25, 0.3) is 0 Å². The van der Waals surface area contributed by atoms with E-state index in [-0.39, 0.29) is 11.4 Å². The van der Waals surface area contributed by atoms with E-state index in [0.717, 1.165) is 9.87 Å². The van der Waals surface area contributed by atoms with Crippen LogP contribution in [0.3, 0.4) is 0 Å². The van der Waals surface area contributed by atoms with Gasteiger partial charge >= 0.3 is 5.97 Å². The Morgan fingerprint density at radius 2 is 1.67 bits per heavy atom. The first-order valence-corrected chi connectivity index (χ1v) is 10.8. The van der Waals surface area contributed by atoms with E-state index in [1.165, 1.54) is 31.4 Å². The molecule has 0 aliphatic carbocycles. The number of ether oxygens (including phenoxy) is 1. The first-order valence-electron chi connectivity index (χ1n) is 9.36. The van der Waals surface area contributed by atoms with Crippen LogP contribution in [0, 0.1) is 5.92 Å². The van der Waals surface area contributed by atoms with Crippen LogP contribution in [0.4, 0.5) is 0 Å². The number of carbonyl (C=O) groups is 2. The molecule has 0 fully saturated rings. The van der Waals surface area contributed by atoms with Gasteiger partial charge in [-0.3, -0.25) is 9.59 Å². The first kappa shape index (κ1) is 23.4. The number of benzene rings is 2. The molecule has 2 aromatic carbocycles. The highest BCUT2D eigenvalue weighted by molar-refractivity contribution is 7.89. The number of rotatable bonds is 10. The summed E-state index contributed by atoms with van der Waals surface area (Å²) in [6, 6.07) is 13.3. The molecule has 0 radical (unpaired) electrons. The maximum Gasteiger partial charge on any atom is 0.322 e. The fourth-order valence-electron chi connectivity index (χ4n) is 2.95. The summed E-state index contributed by atoms with van der Waals surface area (Å²) in [6.45, 7) is 2.78. The van der Waals surface area contributed by atoms with Crippen molar-refractivity contribution in [3.8, 4) is 5.75 Å². The van der Waals surface area contributed by atoms with Crippen molar-refractivity contribution in [3.05, 3.63) is 60.2 Å². The number of hydrogen-bond acceptors (Lipinski definition) is 5. The average molecular weight is 435 g/mol. The third-order valence-corrected chi connectivity index (χ3v) is 6.33. The molecule has 1 unspecified atom stereocenters. The predicted octanol–water partition coefficient (Wildman–Crippen LogP) is 2.11. The second kappa shape index (κ2) is 10.2. The molecule has 0 saturated heterocycles. The van der Waals surface area contributed by atoms with Gasteiger partial charge in [0.1, 0.15) is 11.8 Å². The van der Waals surface area contributed by atoms with E-state index in [0.29, 0.717) is 5.75 Å². The lowest BCUT2D eigenvalue weighted by Gasteiger charge is -2.30. The Balaban J connectivity index is 2.31. The quantitative estimate of drug-likeness (QED) is 0.592. The van der Waals surface area contributed by atoms with E-state index in [1.54, 1.807) is 13.8 Å². The summed E-state index contributed by atoms with van der Waals surface area (Å²) < 4.78 is 32.2. The number of sulfonamides is 1. The van der Waals surface area contributed by atoms with Crippen molar-refractivity contribution in [2.24, 2.45) is 5.92 Å². The Bertz CT molecular complexity index is 959. The van der Waals surface area contributed by atoms with E-state index in [4.69, 9.17) is 4.74 Å². The molecule has 8 nitrogen and oxygen atoms in total. The van der Waals surface area contributed by atoms with Crippen molar-refractivity contribution in [3.63, 3.8) is 0 Å². The van der Waals surface area contributed by atoms with Crippen LogP contribution < -0.4 is 10.1 Å². The summed E-state index contributed by atoms with van der Waals surface area (Å²) in [5.41, 5.74) is 0.842.